The summed E-state index contributed by atoms with van der Waals surface area (Å²) < 4.78 is 10.8. The van der Waals surface area contributed by atoms with Crippen LogP contribution in [0.2, 0.25) is 0 Å². The van der Waals surface area contributed by atoms with Crippen LogP contribution in [0.1, 0.15) is 45.4 Å². The summed E-state index contributed by atoms with van der Waals surface area (Å²) in [5.74, 6) is 1.04. The fraction of sp³-hybridized carbons (Fsp3) is 0.429. The number of ether oxygens (including phenoxy) is 1. The third-order valence-electron chi connectivity index (χ3n) is 4.85. The molecule has 0 spiro atoms. The zero-order valence-electron chi connectivity index (χ0n) is 16.2. The molecule has 0 bridgehead atoms. The number of amides is 2. The van der Waals surface area contributed by atoms with E-state index in [9.17, 15) is 9.59 Å². The smallest absolute Gasteiger partial charge is 0.289 e. The van der Waals surface area contributed by atoms with E-state index in [1.165, 1.54) is 6.26 Å². The van der Waals surface area contributed by atoms with Gasteiger partial charge < -0.3 is 19.0 Å². The Morgan fingerprint density at radius 2 is 1.74 bits per heavy atom. The summed E-state index contributed by atoms with van der Waals surface area (Å²) in [6.07, 6.45) is 2.24. The highest BCUT2D eigenvalue weighted by molar-refractivity contribution is 5.96. The number of nitrogens with zero attached hydrogens (tertiary/aromatic N) is 2. The molecule has 1 aliphatic rings. The largest absolute Gasteiger partial charge is 0.494 e. The molecule has 0 saturated carbocycles. The maximum absolute atomic E-state index is 13.1. The Kier molecular flexibility index (Phi) is 5.84. The molecule has 3 rings (SSSR count). The van der Waals surface area contributed by atoms with Crippen LogP contribution in [0.15, 0.2) is 34.9 Å². The second-order valence-electron chi connectivity index (χ2n) is 6.78. The number of benzene rings is 1. The molecular formula is C21H26N2O4. The van der Waals surface area contributed by atoms with E-state index >= 15 is 0 Å². The van der Waals surface area contributed by atoms with Crippen molar-refractivity contribution < 1.29 is 18.7 Å². The minimum atomic E-state index is -0.123. The standard InChI is InChI=1S/C21H26N2O4/c1-4-26-19-14-15(2)17(13-16(19)3)20(24)22-8-6-9-23(11-10-22)21(25)18-7-5-12-27-18/h5,7,12-14H,4,6,8-11H2,1-3H3. The third kappa shape index (κ3) is 4.15. The fourth-order valence-electron chi connectivity index (χ4n) is 3.38. The van der Waals surface area contributed by atoms with Crippen molar-refractivity contribution >= 4 is 11.8 Å². The second-order valence-corrected chi connectivity index (χ2v) is 6.78. The number of carbonyl (C=O) groups excluding carboxylic acids is 2. The molecule has 0 N–H and O–H groups in total. The zero-order valence-corrected chi connectivity index (χ0v) is 16.2. The highest BCUT2D eigenvalue weighted by Gasteiger charge is 2.25. The first-order chi connectivity index (χ1) is 13.0. The van der Waals surface area contributed by atoms with Gasteiger partial charge in [-0.05, 0) is 62.6 Å². The average molecular weight is 370 g/mol. The van der Waals surface area contributed by atoms with E-state index in [1.54, 1.807) is 17.0 Å². The molecule has 2 aromatic rings. The first-order valence-electron chi connectivity index (χ1n) is 9.37. The number of rotatable bonds is 4. The molecule has 0 atom stereocenters. The number of carbonyl (C=O) groups is 2. The van der Waals surface area contributed by atoms with Crippen molar-refractivity contribution in [3.63, 3.8) is 0 Å². The Hall–Kier alpha value is -2.76. The lowest BCUT2D eigenvalue weighted by molar-refractivity contribution is 0.0700. The van der Waals surface area contributed by atoms with E-state index in [4.69, 9.17) is 9.15 Å². The van der Waals surface area contributed by atoms with Crippen LogP contribution in [0.5, 0.6) is 5.75 Å². The van der Waals surface area contributed by atoms with Crippen molar-refractivity contribution in [3.05, 3.63) is 53.0 Å². The molecule has 2 heterocycles. The SMILES string of the molecule is CCOc1cc(C)c(C(=O)N2CCCN(C(=O)c3ccco3)CC2)cc1C. The van der Waals surface area contributed by atoms with Crippen LogP contribution in [0.25, 0.3) is 0 Å². The van der Waals surface area contributed by atoms with Gasteiger partial charge in [0.15, 0.2) is 5.76 Å². The lowest BCUT2D eigenvalue weighted by atomic mass is 10.0. The average Bonchev–Trinajstić information content (AvgIpc) is 3.08. The molecule has 6 nitrogen and oxygen atoms in total. The van der Waals surface area contributed by atoms with Crippen molar-refractivity contribution in [2.75, 3.05) is 32.8 Å². The summed E-state index contributed by atoms with van der Waals surface area (Å²) in [6, 6.07) is 7.20. The van der Waals surface area contributed by atoms with E-state index in [1.807, 2.05) is 37.8 Å². The lowest BCUT2D eigenvalue weighted by Gasteiger charge is -2.23. The van der Waals surface area contributed by atoms with Gasteiger partial charge in [-0.3, -0.25) is 9.59 Å². The maximum Gasteiger partial charge on any atom is 0.289 e. The molecule has 6 heteroatoms. The van der Waals surface area contributed by atoms with E-state index in [-0.39, 0.29) is 11.8 Å². The first kappa shape index (κ1) is 19.0. The molecule has 0 aliphatic carbocycles. The summed E-state index contributed by atoms with van der Waals surface area (Å²) in [4.78, 5) is 29.1. The van der Waals surface area contributed by atoms with Crippen LogP contribution >= 0.6 is 0 Å². The Balaban J connectivity index is 1.71. The fourth-order valence-corrected chi connectivity index (χ4v) is 3.38. The van der Waals surface area contributed by atoms with Crippen molar-refractivity contribution in [2.45, 2.75) is 27.2 Å². The van der Waals surface area contributed by atoms with Crippen LogP contribution in [-0.2, 0) is 0 Å². The van der Waals surface area contributed by atoms with Crippen molar-refractivity contribution in [1.29, 1.82) is 0 Å². The molecular weight excluding hydrogens is 344 g/mol. The minimum absolute atomic E-state index is 0.00551. The summed E-state index contributed by atoms with van der Waals surface area (Å²) in [5.41, 5.74) is 2.55. The molecule has 0 unspecified atom stereocenters. The minimum Gasteiger partial charge on any atom is -0.494 e. The predicted octanol–water partition coefficient (Wildman–Crippen LogP) is 3.28. The topological polar surface area (TPSA) is 63.0 Å². The Bertz CT molecular complexity index is 814. The third-order valence-corrected chi connectivity index (χ3v) is 4.85. The molecule has 2 amide bonds. The molecule has 27 heavy (non-hydrogen) atoms. The van der Waals surface area contributed by atoms with Gasteiger partial charge in [-0.2, -0.15) is 0 Å². The zero-order chi connectivity index (χ0) is 19.4. The first-order valence-corrected chi connectivity index (χ1v) is 9.37. The second kappa shape index (κ2) is 8.29. The van der Waals surface area contributed by atoms with Gasteiger partial charge in [-0.15, -0.1) is 0 Å². The van der Waals surface area contributed by atoms with Gasteiger partial charge in [0.2, 0.25) is 0 Å². The Morgan fingerprint density at radius 1 is 1.04 bits per heavy atom. The molecule has 1 saturated heterocycles. The van der Waals surface area contributed by atoms with Crippen LogP contribution in [0, 0.1) is 13.8 Å². The summed E-state index contributed by atoms with van der Waals surface area (Å²) in [6.45, 7) is 8.68. The summed E-state index contributed by atoms with van der Waals surface area (Å²) in [5, 5.41) is 0. The highest BCUT2D eigenvalue weighted by atomic mass is 16.5. The Morgan fingerprint density at radius 3 is 2.37 bits per heavy atom. The monoisotopic (exact) mass is 370 g/mol. The highest BCUT2D eigenvalue weighted by Crippen LogP contribution is 2.24. The van der Waals surface area contributed by atoms with Crippen LogP contribution < -0.4 is 4.74 Å². The van der Waals surface area contributed by atoms with Gasteiger partial charge in [0.25, 0.3) is 11.8 Å². The summed E-state index contributed by atoms with van der Waals surface area (Å²) in [7, 11) is 0. The number of aryl methyl sites for hydroxylation is 2. The van der Waals surface area contributed by atoms with Gasteiger partial charge in [0.05, 0.1) is 12.9 Å². The van der Waals surface area contributed by atoms with Crippen LogP contribution in [-0.4, -0.2) is 54.4 Å². The van der Waals surface area contributed by atoms with Crippen LogP contribution in [0.4, 0.5) is 0 Å². The van der Waals surface area contributed by atoms with E-state index in [0.717, 1.165) is 23.3 Å². The van der Waals surface area contributed by atoms with Gasteiger partial charge in [-0.1, -0.05) is 0 Å². The predicted molar refractivity (Wildman–Crippen MR) is 102 cm³/mol. The van der Waals surface area contributed by atoms with Gasteiger partial charge in [-0.25, -0.2) is 0 Å². The van der Waals surface area contributed by atoms with Crippen molar-refractivity contribution in [2.24, 2.45) is 0 Å². The van der Waals surface area contributed by atoms with E-state index < -0.39 is 0 Å². The number of hydrogen-bond acceptors (Lipinski definition) is 4. The number of furan rings is 1. The van der Waals surface area contributed by atoms with Crippen LogP contribution in [0.3, 0.4) is 0 Å². The molecule has 0 radical (unpaired) electrons. The van der Waals surface area contributed by atoms with E-state index in [2.05, 4.69) is 0 Å². The molecule has 1 fully saturated rings. The summed E-state index contributed by atoms with van der Waals surface area (Å²) >= 11 is 0. The number of hydrogen-bond donors (Lipinski definition) is 0. The van der Waals surface area contributed by atoms with Crippen molar-refractivity contribution in [3.8, 4) is 5.75 Å². The van der Waals surface area contributed by atoms with Crippen molar-refractivity contribution in [1.82, 2.24) is 9.80 Å². The molecule has 1 aromatic carbocycles. The van der Waals surface area contributed by atoms with Gasteiger partial charge in [0, 0.05) is 31.7 Å². The van der Waals surface area contributed by atoms with E-state index in [0.29, 0.717) is 44.1 Å². The molecule has 1 aliphatic heterocycles. The lowest BCUT2D eigenvalue weighted by Crippen LogP contribution is -2.37. The molecule has 1 aromatic heterocycles. The van der Waals surface area contributed by atoms with Gasteiger partial charge in [0.1, 0.15) is 5.75 Å². The normalized spacial score (nSPS) is 14.8. The molecule has 144 valence electrons. The quantitative estimate of drug-likeness (QED) is 0.829. The Labute approximate surface area is 159 Å². The van der Waals surface area contributed by atoms with Gasteiger partial charge >= 0.3 is 0 Å². The maximum atomic E-state index is 13.1.